The Morgan fingerprint density at radius 1 is 1.00 bits per heavy atom. The van der Waals surface area contributed by atoms with E-state index in [4.69, 9.17) is 4.84 Å². The van der Waals surface area contributed by atoms with E-state index in [2.05, 4.69) is 51.6 Å². The Morgan fingerprint density at radius 3 is 2.18 bits per heavy atom. The van der Waals surface area contributed by atoms with Gasteiger partial charge < -0.3 is 0 Å². The summed E-state index contributed by atoms with van der Waals surface area (Å²) in [6, 6.07) is 11.5. The molecule has 144 valence electrons. The first kappa shape index (κ1) is 19.6. The number of allylic oxidation sites excluding steroid dienone is 4. The van der Waals surface area contributed by atoms with Crippen molar-refractivity contribution in [1.29, 1.82) is 0 Å². The number of aromatic nitrogens is 2. The topological polar surface area (TPSA) is 67.7 Å². The molecule has 28 heavy (non-hydrogen) atoms. The third-order valence-electron chi connectivity index (χ3n) is 4.29. The molecule has 6 heteroatoms. The predicted octanol–water partition coefficient (Wildman–Crippen LogP) is 5.13. The average Bonchev–Trinajstić information content (AvgIpc) is 3.48. The van der Waals surface area contributed by atoms with Gasteiger partial charge in [0.2, 0.25) is 0 Å². The molecule has 2 atom stereocenters. The molecule has 1 fully saturated rings. The first-order valence-electron chi connectivity index (χ1n) is 9.32. The highest BCUT2D eigenvalue weighted by Crippen LogP contribution is 2.32. The van der Waals surface area contributed by atoms with Crippen LogP contribution in [0.1, 0.15) is 24.2 Å². The lowest BCUT2D eigenvalue weighted by Crippen LogP contribution is -2.28. The minimum absolute atomic E-state index is 0.245. The highest BCUT2D eigenvalue weighted by atomic mass is 16.7. The Morgan fingerprint density at radius 2 is 1.71 bits per heavy atom. The van der Waals surface area contributed by atoms with Gasteiger partial charge in [-0.15, -0.1) is 4.91 Å². The van der Waals surface area contributed by atoms with Crippen molar-refractivity contribution < 1.29 is 4.84 Å². The molecule has 0 spiro atoms. The maximum absolute atomic E-state index is 9.85. The van der Waals surface area contributed by atoms with Gasteiger partial charge in [0, 0.05) is 17.8 Å². The molecule has 3 aliphatic rings. The van der Waals surface area contributed by atoms with E-state index in [0.29, 0.717) is 6.04 Å². The molecular weight excluding hydrogens is 352 g/mol. The zero-order chi connectivity index (χ0) is 19.8. The Balaban J connectivity index is 0.000000138. The van der Waals surface area contributed by atoms with Crippen LogP contribution in [0.15, 0.2) is 78.0 Å². The van der Waals surface area contributed by atoms with Crippen molar-refractivity contribution in [2.75, 3.05) is 5.06 Å². The highest BCUT2D eigenvalue weighted by Gasteiger charge is 2.35. The number of hydrogen-bond donors (Lipinski definition) is 0. The van der Waals surface area contributed by atoms with Crippen molar-refractivity contribution in [2.45, 2.75) is 38.8 Å². The molecule has 0 aromatic carbocycles. The number of anilines is 1. The Labute approximate surface area is 165 Å². The summed E-state index contributed by atoms with van der Waals surface area (Å²) in [6.07, 6.45) is 15.1. The molecule has 0 N–H and O–H groups in total. The van der Waals surface area contributed by atoms with Crippen molar-refractivity contribution in [2.24, 2.45) is 5.18 Å². The van der Waals surface area contributed by atoms with Crippen LogP contribution < -0.4 is 5.06 Å². The summed E-state index contributed by atoms with van der Waals surface area (Å²) in [6.45, 7) is 3.81. The molecule has 2 bridgehead atoms. The van der Waals surface area contributed by atoms with Crippen molar-refractivity contribution in [3.63, 3.8) is 0 Å². The molecule has 2 aliphatic carbocycles. The van der Waals surface area contributed by atoms with Crippen LogP contribution in [0.3, 0.4) is 0 Å². The third kappa shape index (κ3) is 5.44. The van der Waals surface area contributed by atoms with Gasteiger partial charge >= 0.3 is 0 Å². The first-order chi connectivity index (χ1) is 13.7. The van der Waals surface area contributed by atoms with Crippen LogP contribution in [0.4, 0.5) is 11.6 Å². The molecule has 6 nitrogen and oxygen atoms in total. The van der Waals surface area contributed by atoms with E-state index < -0.39 is 0 Å². The van der Waals surface area contributed by atoms with E-state index >= 15 is 0 Å². The third-order valence-corrected chi connectivity index (χ3v) is 4.29. The second-order valence-corrected chi connectivity index (χ2v) is 6.62. The number of pyridine rings is 2. The van der Waals surface area contributed by atoms with Gasteiger partial charge in [0.15, 0.2) is 11.6 Å². The maximum atomic E-state index is 9.85. The first-order valence-corrected chi connectivity index (χ1v) is 9.32. The van der Waals surface area contributed by atoms with Gasteiger partial charge in [-0.05, 0) is 49.7 Å². The average molecular weight is 376 g/mol. The van der Waals surface area contributed by atoms with E-state index in [1.165, 1.54) is 0 Å². The van der Waals surface area contributed by atoms with Gasteiger partial charge in [0.1, 0.15) is 6.10 Å². The Hall–Kier alpha value is -3.12. The fourth-order valence-electron chi connectivity index (χ4n) is 2.97. The van der Waals surface area contributed by atoms with E-state index in [1.54, 1.807) is 12.1 Å². The van der Waals surface area contributed by atoms with Gasteiger partial charge in [-0.2, -0.15) is 0 Å². The van der Waals surface area contributed by atoms with Crippen LogP contribution in [-0.4, -0.2) is 22.1 Å². The molecule has 5 rings (SSSR count). The van der Waals surface area contributed by atoms with E-state index in [1.807, 2.05) is 43.2 Å². The van der Waals surface area contributed by atoms with Crippen molar-refractivity contribution in [1.82, 2.24) is 9.97 Å². The molecule has 2 unspecified atom stereocenters. The van der Waals surface area contributed by atoms with E-state index in [0.717, 1.165) is 30.0 Å². The molecule has 0 saturated carbocycles. The normalized spacial score (nSPS) is 20.4. The number of aryl methyl sites for hydroxylation is 2. The number of nitroso groups, excluding NO2 is 1. The number of rotatable bonds is 2. The van der Waals surface area contributed by atoms with Crippen molar-refractivity contribution in [3.05, 3.63) is 89.1 Å². The van der Waals surface area contributed by atoms with Gasteiger partial charge in [-0.3, -0.25) is 4.84 Å². The molecule has 2 aromatic rings. The minimum Gasteiger partial charge on any atom is -0.264 e. The fourth-order valence-corrected chi connectivity index (χ4v) is 2.97. The number of hydrogen-bond acceptors (Lipinski definition) is 6. The largest absolute Gasteiger partial charge is 0.264 e. The monoisotopic (exact) mass is 376 g/mol. The molecule has 3 heterocycles. The van der Waals surface area contributed by atoms with Crippen LogP contribution in [0.2, 0.25) is 0 Å². The minimum atomic E-state index is 0.245. The summed E-state index contributed by atoms with van der Waals surface area (Å²) in [5.41, 5.74) is 1.84. The summed E-state index contributed by atoms with van der Waals surface area (Å²) in [4.78, 5) is 23.8. The van der Waals surface area contributed by atoms with E-state index in [9.17, 15) is 4.91 Å². The zero-order valence-electron chi connectivity index (χ0n) is 16.1. The van der Waals surface area contributed by atoms with Crippen LogP contribution in [-0.2, 0) is 4.84 Å². The Bertz CT molecular complexity index is 882. The molecule has 0 radical (unpaired) electrons. The summed E-state index contributed by atoms with van der Waals surface area (Å²) in [5.74, 6) is 1.16. The Kier molecular flexibility index (Phi) is 6.81. The number of fused-ring (bicyclic) bond motifs is 2. The molecule has 2 aromatic heterocycles. The molecule has 1 saturated heterocycles. The van der Waals surface area contributed by atoms with Gasteiger partial charge in [-0.1, -0.05) is 48.6 Å². The van der Waals surface area contributed by atoms with Crippen LogP contribution in [0.5, 0.6) is 0 Å². The van der Waals surface area contributed by atoms with Crippen LogP contribution >= 0.6 is 0 Å². The lowest BCUT2D eigenvalue weighted by atomic mass is 10.2. The summed E-state index contributed by atoms with van der Waals surface area (Å²) >= 11 is 0. The van der Waals surface area contributed by atoms with E-state index in [-0.39, 0.29) is 11.9 Å². The maximum Gasteiger partial charge on any atom is 0.196 e. The zero-order valence-corrected chi connectivity index (χ0v) is 16.1. The molecular formula is C22H24N4O2. The lowest BCUT2D eigenvalue weighted by Gasteiger charge is -2.23. The second-order valence-electron chi connectivity index (χ2n) is 6.62. The fraction of sp³-hybridized carbons (Fsp3) is 0.273. The SMILES string of the molecule is C1=CCC=C1.Cc1cccc(N2OC3C=CC2C3)n1.Cc1cccc(N=O)n1. The number of hydroxylamine groups is 1. The second kappa shape index (κ2) is 9.71. The molecule has 0 amide bonds. The van der Waals surface area contributed by atoms with Gasteiger partial charge in [-0.25, -0.2) is 15.0 Å². The summed E-state index contributed by atoms with van der Waals surface area (Å²) in [5, 5.41) is 4.58. The van der Waals surface area contributed by atoms with Crippen molar-refractivity contribution in [3.8, 4) is 0 Å². The summed E-state index contributed by atoms with van der Waals surface area (Å²) < 4.78 is 0. The number of nitrogens with zero attached hydrogens (tertiary/aromatic N) is 4. The lowest BCUT2D eigenvalue weighted by molar-refractivity contribution is 0.108. The van der Waals surface area contributed by atoms with Crippen molar-refractivity contribution >= 4 is 11.6 Å². The predicted molar refractivity (Wildman–Crippen MR) is 111 cm³/mol. The van der Waals surface area contributed by atoms with Gasteiger partial charge in [0.25, 0.3) is 0 Å². The quantitative estimate of drug-likeness (QED) is 0.537. The highest BCUT2D eigenvalue weighted by molar-refractivity contribution is 5.42. The van der Waals surface area contributed by atoms with Gasteiger partial charge in [0.05, 0.1) is 6.04 Å². The molecule has 1 aliphatic heterocycles. The van der Waals surface area contributed by atoms with Crippen LogP contribution in [0.25, 0.3) is 0 Å². The smallest absolute Gasteiger partial charge is 0.196 e. The summed E-state index contributed by atoms with van der Waals surface area (Å²) in [7, 11) is 0. The standard InChI is InChI=1S/C11H12N2O.C6H6N2O.C5H6/c1-8-3-2-4-11(12-8)13-9-5-6-10(7-9)14-13;1-5-3-2-4-6(7-5)8-9;1-2-4-5-3-1/h2-6,9-10H,7H2,1H3;2-4H,1H3;1-4H,5H2. The van der Waals surface area contributed by atoms with Crippen LogP contribution in [0, 0.1) is 18.8 Å².